The molecule has 0 saturated carbocycles. The lowest BCUT2D eigenvalue weighted by molar-refractivity contribution is -0.115. The molecule has 1 aromatic heterocycles. The number of thioether (sulfide) groups is 1. The molecular weight excluding hydrogens is 433 g/mol. The van der Waals surface area contributed by atoms with Gasteiger partial charge in [0.15, 0.2) is 6.29 Å². The first-order chi connectivity index (χ1) is 15.3. The Morgan fingerprint density at radius 1 is 1.44 bits per heavy atom. The SMILES string of the molecule is COCc1c(C(O)C=O)cc2n(c1=O)C/C(C)=C1/c3c(cc(F)c(C)c3SCC1N)N=C2. The number of pyridine rings is 1. The first-order valence-electron chi connectivity index (χ1n) is 10.1. The van der Waals surface area contributed by atoms with E-state index in [9.17, 15) is 19.1 Å². The number of nitrogens with zero attached hydrogens (tertiary/aromatic N) is 2. The van der Waals surface area contributed by atoms with Gasteiger partial charge in [-0.25, -0.2) is 4.39 Å². The van der Waals surface area contributed by atoms with Crippen LogP contribution in [0.4, 0.5) is 10.1 Å². The van der Waals surface area contributed by atoms with Crippen molar-refractivity contribution < 1.29 is 19.0 Å². The van der Waals surface area contributed by atoms with E-state index in [1.165, 1.54) is 35.7 Å². The number of aliphatic imine (C=N–C) groups is 1. The van der Waals surface area contributed by atoms with Gasteiger partial charge < -0.3 is 24.9 Å². The molecule has 0 amide bonds. The topological polar surface area (TPSA) is 107 Å². The Labute approximate surface area is 188 Å². The van der Waals surface area contributed by atoms with Gasteiger partial charge in [0.2, 0.25) is 0 Å². The summed E-state index contributed by atoms with van der Waals surface area (Å²) in [4.78, 5) is 30.0. The highest BCUT2D eigenvalue weighted by molar-refractivity contribution is 7.99. The van der Waals surface area contributed by atoms with E-state index in [4.69, 9.17) is 10.5 Å². The van der Waals surface area contributed by atoms with Crippen molar-refractivity contribution in [3.63, 3.8) is 0 Å². The molecule has 2 unspecified atom stereocenters. The van der Waals surface area contributed by atoms with Crippen LogP contribution in [-0.4, -0.2) is 41.1 Å². The highest BCUT2D eigenvalue weighted by Crippen LogP contribution is 2.46. The maximum absolute atomic E-state index is 14.7. The molecule has 2 aliphatic heterocycles. The number of ether oxygens (including phenoxy) is 1. The zero-order chi connectivity index (χ0) is 23.2. The van der Waals surface area contributed by atoms with Crippen LogP contribution >= 0.6 is 11.8 Å². The van der Waals surface area contributed by atoms with Crippen molar-refractivity contribution in [1.29, 1.82) is 0 Å². The maximum Gasteiger partial charge on any atom is 0.257 e. The van der Waals surface area contributed by atoms with Crippen molar-refractivity contribution in [2.75, 3.05) is 12.9 Å². The highest BCUT2D eigenvalue weighted by atomic mass is 32.2. The molecule has 0 aliphatic carbocycles. The van der Waals surface area contributed by atoms with Crippen molar-refractivity contribution in [3.05, 3.63) is 61.8 Å². The minimum atomic E-state index is -1.47. The predicted octanol–water partition coefficient (Wildman–Crippen LogP) is 2.65. The molecule has 0 radical (unpaired) electrons. The Balaban J connectivity index is 2.05. The van der Waals surface area contributed by atoms with Crippen molar-refractivity contribution in [2.45, 2.75) is 44.0 Å². The summed E-state index contributed by atoms with van der Waals surface area (Å²) in [7, 11) is 1.44. The number of aromatic nitrogens is 1. The van der Waals surface area contributed by atoms with Crippen molar-refractivity contribution in [3.8, 4) is 0 Å². The summed E-state index contributed by atoms with van der Waals surface area (Å²) in [6, 6.07) is 2.64. The molecule has 32 heavy (non-hydrogen) atoms. The van der Waals surface area contributed by atoms with E-state index >= 15 is 0 Å². The van der Waals surface area contributed by atoms with E-state index in [1.54, 1.807) is 13.0 Å². The van der Waals surface area contributed by atoms with Gasteiger partial charge in [-0.1, -0.05) is 0 Å². The number of carbonyl (C=O) groups excluding carboxylic acids is 1. The largest absolute Gasteiger partial charge is 0.381 e. The Hall–Kier alpha value is -2.59. The van der Waals surface area contributed by atoms with Gasteiger partial charge in [-0.15, -0.1) is 11.8 Å². The number of halogens is 1. The molecule has 3 N–H and O–H groups in total. The molecule has 0 saturated heterocycles. The number of aliphatic hydroxyl groups excluding tert-OH is 1. The number of fused-ring (bicyclic) bond motifs is 1. The van der Waals surface area contributed by atoms with Crippen molar-refractivity contribution in [2.24, 2.45) is 10.7 Å². The van der Waals surface area contributed by atoms with Gasteiger partial charge >= 0.3 is 0 Å². The monoisotopic (exact) mass is 457 g/mol. The molecule has 2 aliphatic rings. The third-order valence-corrected chi connectivity index (χ3v) is 7.21. The van der Waals surface area contributed by atoms with Gasteiger partial charge in [-0.05, 0) is 36.6 Å². The molecule has 168 valence electrons. The molecule has 0 fully saturated rings. The third-order valence-electron chi connectivity index (χ3n) is 5.89. The fourth-order valence-electron chi connectivity index (χ4n) is 4.31. The van der Waals surface area contributed by atoms with Gasteiger partial charge in [-0.2, -0.15) is 0 Å². The fraction of sp³-hybridized carbons (Fsp3) is 0.348. The minimum absolute atomic E-state index is 0.0585. The predicted molar refractivity (Wildman–Crippen MR) is 122 cm³/mol. The first-order valence-corrected chi connectivity index (χ1v) is 11.1. The van der Waals surface area contributed by atoms with Crippen molar-refractivity contribution >= 4 is 35.5 Å². The molecule has 7 nitrogen and oxygen atoms in total. The second kappa shape index (κ2) is 8.74. The molecule has 2 aromatic rings. The van der Waals surface area contributed by atoms with Gasteiger partial charge in [0.25, 0.3) is 5.56 Å². The van der Waals surface area contributed by atoms with Gasteiger partial charge in [0.1, 0.15) is 11.9 Å². The van der Waals surface area contributed by atoms with Crippen LogP contribution in [0.25, 0.3) is 5.57 Å². The second-order valence-electron chi connectivity index (χ2n) is 7.98. The van der Waals surface area contributed by atoms with Crippen LogP contribution in [0.5, 0.6) is 0 Å². The van der Waals surface area contributed by atoms with E-state index < -0.39 is 6.10 Å². The van der Waals surface area contributed by atoms with Crippen LogP contribution < -0.4 is 11.3 Å². The normalized spacial score (nSPS) is 20.6. The van der Waals surface area contributed by atoms with Crippen molar-refractivity contribution in [1.82, 2.24) is 4.57 Å². The Kier molecular flexibility index (Phi) is 6.17. The van der Waals surface area contributed by atoms with E-state index in [-0.39, 0.29) is 41.7 Å². The summed E-state index contributed by atoms with van der Waals surface area (Å²) in [5, 5.41) is 10.2. The van der Waals surface area contributed by atoms with Gasteiger partial charge in [0.05, 0.1) is 24.2 Å². The molecule has 4 rings (SSSR count). The van der Waals surface area contributed by atoms with Crippen LogP contribution in [0.3, 0.4) is 0 Å². The summed E-state index contributed by atoms with van der Waals surface area (Å²) in [5.74, 6) is 0.230. The number of rotatable bonds is 4. The molecule has 1 aromatic carbocycles. The highest BCUT2D eigenvalue weighted by Gasteiger charge is 2.30. The maximum atomic E-state index is 14.7. The first kappa shape index (κ1) is 22.6. The van der Waals surface area contributed by atoms with Crippen LogP contribution in [0.15, 0.2) is 32.4 Å². The number of hydrogen-bond donors (Lipinski definition) is 2. The molecular formula is C23H24FN3O4S. The molecule has 3 heterocycles. The second-order valence-corrected chi connectivity index (χ2v) is 9.01. The summed E-state index contributed by atoms with van der Waals surface area (Å²) < 4.78 is 21.3. The number of nitrogens with two attached hydrogens (primary N) is 1. The fourth-order valence-corrected chi connectivity index (χ4v) is 5.50. The van der Waals surface area contributed by atoms with Crippen LogP contribution in [0.1, 0.15) is 41.0 Å². The number of aldehydes is 1. The lowest BCUT2D eigenvalue weighted by Gasteiger charge is -2.29. The quantitative estimate of drug-likeness (QED) is 0.684. The molecule has 9 heteroatoms. The minimum Gasteiger partial charge on any atom is -0.381 e. The Morgan fingerprint density at radius 2 is 2.19 bits per heavy atom. The molecule has 2 atom stereocenters. The van der Waals surface area contributed by atoms with Gasteiger partial charge in [0, 0.05) is 53.1 Å². The summed E-state index contributed by atoms with van der Waals surface area (Å²) in [6.07, 6.45) is 0.349. The number of aliphatic hydroxyl groups is 1. The van der Waals surface area contributed by atoms with Crippen LogP contribution in [0, 0.1) is 12.7 Å². The zero-order valence-electron chi connectivity index (χ0n) is 18.0. The average molecular weight is 458 g/mol. The standard InChI is InChI=1S/C23H24FN3O4S/c1-11-7-27-13(4-14(19(29)8-28)15(9-31-3)23(27)30)6-26-18-5-16(24)12(2)22-21(18)20(11)17(25)10-32-22/h4-6,8,17,19,29H,7,9-10,25H2,1-3H3/b20-11+,26-6?. The lowest BCUT2D eigenvalue weighted by atomic mass is 9.91. The number of methoxy groups -OCH3 is 1. The average Bonchev–Trinajstić information content (AvgIpc) is 2.83. The Bertz CT molecular complexity index is 1230. The molecule has 0 spiro atoms. The smallest absolute Gasteiger partial charge is 0.257 e. The van der Waals surface area contributed by atoms with Crippen LogP contribution in [-0.2, 0) is 22.7 Å². The van der Waals surface area contributed by atoms with E-state index in [2.05, 4.69) is 4.99 Å². The van der Waals surface area contributed by atoms with Crippen LogP contribution in [0.2, 0.25) is 0 Å². The molecule has 0 bridgehead atoms. The lowest BCUT2D eigenvalue weighted by Crippen LogP contribution is -2.32. The zero-order valence-corrected chi connectivity index (χ0v) is 18.8. The Morgan fingerprint density at radius 3 is 2.88 bits per heavy atom. The number of benzene rings is 1. The summed E-state index contributed by atoms with van der Waals surface area (Å²) >= 11 is 1.51. The van der Waals surface area contributed by atoms with Gasteiger partial charge in [-0.3, -0.25) is 9.79 Å². The number of allylic oxidation sites excluding steroid dienone is 1. The summed E-state index contributed by atoms with van der Waals surface area (Å²) in [6.45, 7) is 3.82. The van der Waals surface area contributed by atoms with E-state index in [0.717, 1.165) is 21.6 Å². The number of carbonyl (C=O) groups is 1. The summed E-state index contributed by atoms with van der Waals surface area (Å²) in [5.41, 5.74) is 10.3. The number of hydrogen-bond acceptors (Lipinski definition) is 7. The third kappa shape index (κ3) is 3.65. The van der Waals surface area contributed by atoms with E-state index in [1.807, 2.05) is 6.92 Å². The van der Waals surface area contributed by atoms with E-state index in [0.29, 0.717) is 29.0 Å².